The van der Waals surface area contributed by atoms with E-state index in [0.29, 0.717) is 0 Å². The SMILES string of the molecule is CCCCCCCCCCCCCCCCCCCCCCCCCCCC=COC=CCCCCCCCCCCCCCCCCCCCCCCCCCCC. The molecule has 0 aromatic carbocycles. The molecule has 0 aromatic rings. The Balaban J connectivity index is 3.14. The number of hydrogen-bond donors (Lipinski definition) is 0. The van der Waals surface area contributed by atoms with Gasteiger partial charge in [0.1, 0.15) is 0 Å². The molecular weight excluding hydrogens is 713 g/mol. The van der Waals surface area contributed by atoms with Gasteiger partial charge in [0.2, 0.25) is 0 Å². The zero-order valence-corrected chi connectivity index (χ0v) is 41.5. The summed E-state index contributed by atoms with van der Waals surface area (Å²) in [6.45, 7) is 4.62. The minimum Gasteiger partial charge on any atom is -0.473 e. The molecule has 0 aliphatic carbocycles. The fourth-order valence-electron chi connectivity index (χ4n) is 9.10. The summed E-state index contributed by atoms with van der Waals surface area (Å²) in [6.07, 6.45) is 83.3. The monoisotopic (exact) mass is 827 g/mol. The van der Waals surface area contributed by atoms with Gasteiger partial charge in [-0.2, -0.15) is 0 Å². The summed E-state index contributed by atoms with van der Waals surface area (Å²) in [4.78, 5) is 0. The molecule has 0 saturated heterocycles. The third-order valence-electron chi connectivity index (χ3n) is 13.3. The van der Waals surface area contributed by atoms with Crippen LogP contribution in [0.5, 0.6) is 0 Å². The molecule has 352 valence electrons. The van der Waals surface area contributed by atoms with Gasteiger partial charge in [0, 0.05) is 0 Å². The number of rotatable bonds is 54. The van der Waals surface area contributed by atoms with Crippen molar-refractivity contribution in [1.29, 1.82) is 0 Å². The van der Waals surface area contributed by atoms with Crippen molar-refractivity contribution in [3.8, 4) is 0 Å². The van der Waals surface area contributed by atoms with E-state index in [1.807, 2.05) is 12.5 Å². The predicted molar refractivity (Wildman–Crippen MR) is 271 cm³/mol. The number of unbranched alkanes of at least 4 members (excludes halogenated alkanes) is 50. The summed E-state index contributed by atoms with van der Waals surface area (Å²) in [7, 11) is 0. The number of allylic oxidation sites excluding steroid dienone is 2. The first kappa shape index (κ1) is 58.3. The van der Waals surface area contributed by atoms with Crippen LogP contribution in [0.2, 0.25) is 0 Å². The summed E-state index contributed by atoms with van der Waals surface area (Å²) < 4.78 is 5.59. The first-order valence-corrected chi connectivity index (χ1v) is 28.4. The first-order valence-electron chi connectivity index (χ1n) is 28.4. The summed E-state index contributed by atoms with van der Waals surface area (Å²) in [5.41, 5.74) is 0. The quantitative estimate of drug-likeness (QED) is 0.0438. The summed E-state index contributed by atoms with van der Waals surface area (Å²) in [5, 5.41) is 0. The van der Waals surface area contributed by atoms with Crippen molar-refractivity contribution < 1.29 is 4.74 Å². The fraction of sp³-hybridized carbons (Fsp3) is 0.931. The molecule has 0 heterocycles. The largest absolute Gasteiger partial charge is 0.473 e. The Morgan fingerprint density at radius 1 is 0.186 bits per heavy atom. The van der Waals surface area contributed by atoms with Crippen LogP contribution in [0.1, 0.15) is 348 Å². The highest BCUT2D eigenvalue weighted by Crippen LogP contribution is 2.18. The fourth-order valence-corrected chi connectivity index (χ4v) is 9.10. The molecular formula is C58H114O. The first-order chi connectivity index (χ1) is 29.4. The Morgan fingerprint density at radius 2 is 0.322 bits per heavy atom. The van der Waals surface area contributed by atoms with Gasteiger partial charge >= 0.3 is 0 Å². The Bertz CT molecular complexity index is 690. The Labute approximate surface area is 375 Å². The average Bonchev–Trinajstić information content (AvgIpc) is 3.25. The van der Waals surface area contributed by atoms with Crippen LogP contribution >= 0.6 is 0 Å². The molecule has 1 nitrogen and oxygen atoms in total. The van der Waals surface area contributed by atoms with Crippen molar-refractivity contribution in [1.82, 2.24) is 0 Å². The summed E-state index contributed by atoms with van der Waals surface area (Å²) in [5.74, 6) is 0. The lowest BCUT2D eigenvalue weighted by Crippen LogP contribution is -1.84. The van der Waals surface area contributed by atoms with Crippen LogP contribution in [-0.2, 0) is 4.74 Å². The molecule has 59 heavy (non-hydrogen) atoms. The normalized spacial score (nSPS) is 11.9. The van der Waals surface area contributed by atoms with Crippen LogP contribution in [-0.4, -0.2) is 0 Å². The lowest BCUT2D eigenvalue weighted by Gasteiger charge is -2.04. The minimum absolute atomic E-state index is 1.16. The second-order valence-electron chi connectivity index (χ2n) is 19.4. The molecule has 0 aliphatic heterocycles. The Kier molecular flexibility index (Phi) is 56.6. The average molecular weight is 828 g/mol. The summed E-state index contributed by atoms with van der Waals surface area (Å²) >= 11 is 0. The van der Waals surface area contributed by atoms with Gasteiger partial charge in [-0.25, -0.2) is 0 Å². The standard InChI is InChI=1S/C58H114O/c1-3-5-7-9-11-13-15-17-19-21-23-25-27-29-31-33-35-37-39-41-43-45-47-49-51-53-55-57-59-58-56-54-52-50-48-46-44-42-40-38-36-34-32-30-28-26-24-22-20-18-16-14-12-10-8-6-4-2/h55-58H,3-54H2,1-2H3. The van der Waals surface area contributed by atoms with Crippen molar-refractivity contribution in [2.24, 2.45) is 0 Å². The van der Waals surface area contributed by atoms with E-state index in [0.717, 1.165) is 12.8 Å². The van der Waals surface area contributed by atoms with Gasteiger partial charge in [-0.1, -0.05) is 322 Å². The van der Waals surface area contributed by atoms with Gasteiger partial charge < -0.3 is 4.74 Å². The third-order valence-corrected chi connectivity index (χ3v) is 13.3. The maximum atomic E-state index is 5.59. The van der Waals surface area contributed by atoms with Gasteiger partial charge in [-0.3, -0.25) is 0 Å². The zero-order valence-electron chi connectivity index (χ0n) is 41.5. The van der Waals surface area contributed by atoms with Crippen molar-refractivity contribution in [3.63, 3.8) is 0 Å². The molecule has 1 heteroatoms. The molecule has 0 N–H and O–H groups in total. The van der Waals surface area contributed by atoms with Crippen LogP contribution in [0.4, 0.5) is 0 Å². The number of ether oxygens (including phenoxy) is 1. The van der Waals surface area contributed by atoms with Gasteiger partial charge in [-0.15, -0.1) is 0 Å². The van der Waals surface area contributed by atoms with Crippen molar-refractivity contribution in [3.05, 3.63) is 24.7 Å². The third kappa shape index (κ3) is 57.3. The van der Waals surface area contributed by atoms with E-state index in [-0.39, 0.29) is 0 Å². The van der Waals surface area contributed by atoms with Gasteiger partial charge in [-0.05, 0) is 37.8 Å². The topological polar surface area (TPSA) is 9.23 Å². The van der Waals surface area contributed by atoms with E-state index >= 15 is 0 Å². The Morgan fingerprint density at radius 3 is 0.475 bits per heavy atom. The van der Waals surface area contributed by atoms with E-state index in [4.69, 9.17) is 4.74 Å². The molecule has 0 bridgehead atoms. The highest BCUT2D eigenvalue weighted by Gasteiger charge is 1.98. The zero-order chi connectivity index (χ0) is 42.3. The molecule has 0 rings (SSSR count). The maximum Gasteiger partial charge on any atom is 0.0861 e. The summed E-state index contributed by atoms with van der Waals surface area (Å²) in [6, 6.07) is 0. The highest BCUT2D eigenvalue weighted by atomic mass is 16.5. The van der Waals surface area contributed by atoms with Gasteiger partial charge in [0.05, 0.1) is 12.5 Å². The second kappa shape index (κ2) is 57.3. The highest BCUT2D eigenvalue weighted by molar-refractivity contribution is 4.80. The molecule has 0 amide bonds. The molecule has 0 radical (unpaired) electrons. The second-order valence-corrected chi connectivity index (χ2v) is 19.4. The van der Waals surface area contributed by atoms with Gasteiger partial charge in [0.25, 0.3) is 0 Å². The van der Waals surface area contributed by atoms with E-state index in [9.17, 15) is 0 Å². The molecule has 0 fully saturated rings. The van der Waals surface area contributed by atoms with Gasteiger partial charge in [0.15, 0.2) is 0 Å². The Hall–Kier alpha value is -0.720. The number of hydrogen-bond acceptors (Lipinski definition) is 1. The van der Waals surface area contributed by atoms with Crippen molar-refractivity contribution >= 4 is 0 Å². The lowest BCUT2D eigenvalue weighted by atomic mass is 10.0. The predicted octanol–water partition coefficient (Wildman–Crippen LogP) is 22.4. The smallest absolute Gasteiger partial charge is 0.0861 e. The van der Waals surface area contributed by atoms with E-state index in [1.165, 1.54) is 321 Å². The van der Waals surface area contributed by atoms with E-state index in [2.05, 4.69) is 26.0 Å². The van der Waals surface area contributed by atoms with Crippen LogP contribution in [0.25, 0.3) is 0 Å². The van der Waals surface area contributed by atoms with Crippen LogP contribution in [0.3, 0.4) is 0 Å². The molecule has 0 atom stereocenters. The molecule has 0 saturated carbocycles. The van der Waals surface area contributed by atoms with Crippen LogP contribution in [0.15, 0.2) is 24.7 Å². The molecule has 0 spiro atoms. The van der Waals surface area contributed by atoms with Crippen LogP contribution < -0.4 is 0 Å². The van der Waals surface area contributed by atoms with E-state index < -0.39 is 0 Å². The molecule has 0 unspecified atom stereocenters. The van der Waals surface area contributed by atoms with Crippen molar-refractivity contribution in [2.45, 2.75) is 348 Å². The van der Waals surface area contributed by atoms with E-state index in [1.54, 1.807) is 0 Å². The lowest BCUT2D eigenvalue weighted by molar-refractivity contribution is 0.397. The van der Waals surface area contributed by atoms with Crippen LogP contribution in [0, 0.1) is 0 Å². The molecule has 0 aromatic heterocycles. The minimum atomic E-state index is 1.16. The van der Waals surface area contributed by atoms with Crippen molar-refractivity contribution in [2.75, 3.05) is 0 Å². The maximum absolute atomic E-state index is 5.59. The molecule has 0 aliphatic rings.